The van der Waals surface area contributed by atoms with Gasteiger partial charge in [0.1, 0.15) is 5.82 Å². The number of pyridine rings is 1. The predicted octanol–water partition coefficient (Wildman–Crippen LogP) is 4.08. The van der Waals surface area contributed by atoms with Gasteiger partial charge in [-0.2, -0.15) is 0 Å². The van der Waals surface area contributed by atoms with Crippen molar-refractivity contribution in [3.63, 3.8) is 0 Å². The van der Waals surface area contributed by atoms with Crippen molar-refractivity contribution in [1.29, 1.82) is 0 Å². The number of nitrogens with zero attached hydrogens (tertiary/aromatic N) is 1. The third-order valence-corrected chi connectivity index (χ3v) is 3.99. The van der Waals surface area contributed by atoms with Crippen molar-refractivity contribution in [1.82, 2.24) is 10.3 Å². The molecule has 2 aromatic rings. The molecule has 2 rings (SSSR count). The second-order valence-corrected chi connectivity index (χ2v) is 5.25. The second-order valence-electron chi connectivity index (χ2n) is 4.27. The van der Waals surface area contributed by atoms with Crippen LogP contribution in [0.3, 0.4) is 0 Å². The molecule has 0 amide bonds. The normalized spacial score (nSPS) is 14.4. The van der Waals surface area contributed by atoms with Crippen molar-refractivity contribution < 1.29 is 4.39 Å². The maximum absolute atomic E-state index is 12.9. The van der Waals surface area contributed by atoms with E-state index in [1.807, 2.05) is 0 Å². The zero-order chi connectivity index (χ0) is 13.0. The molecule has 2 nitrogen and oxygen atoms in total. The Labute approximate surface area is 111 Å². The predicted molar refractivity (Wildman–Crippen MR) is 73.1 cm³/mol. The fourth-order valence-electron chi connectivity index (χ4n) is 1.93. The maximum atomic E-state index is 12.9. The number of nitrogens with one attached hydrogen (secondary N) is 1. The molecule has 0 aliphatic rings. The van der Waals surface area contributed by atoms with Crippen molar-refractivity contribution in [3.8, 4) is 0 Å². The Morgan fingerprint density at radius 3 is 2.78 bits per heavy atom. The maximum Gasteiger partial charge on any atom is 0.141 e. The number of halogens is 1. The minimum atomic E-state index is -0.292. The Kier molecular flexibility index (Phi) is 4.44. The smallest absolute Gasteiger partial charge is 0.141 e. The highest BCUT2D eigenvalue weighted by Gasteiger charge is 2.15. The molecule has 0 fully saturated rings. The summed E-state index contributed by atoms with van der Waals surface area (Å²) in [5.41, 5.74) is 0.891. The SMILES string of the molecule is CCC(NC(C)c1cccs1)c1ccc(F)cn1. The molecule has 18 heavy (non-hydrogen) atoms. The number of thiophene rings is 1. The first-order valence-corrected chi connectivity index (χ1v) is 6.99. The minimum Gasteiger partial charge on any atom is -0.301 e. The quantitative estimate of drug-likeness (QED) is 0.880. The van der Waals surface area contributed by atoms with Gasteiger partial charge in [0, 0.05) is 17.0 Å². The fraction of sp³-hybridized carbons (Fsp3) is 0.357. The Morgan fingerprint density at radius 1 is 1.39 bits per heavy atom. The first-order valence-electron chi connectivity index (χ1n) is 6.11. The van der Waals surface area contributed by atoms with Gasteiger partial charge < -0.3 is 5.32 Å². The standard InChI is InChI=1S/C14H17FN2S/c1-3-12(13-7-6-11(15)9-16-13)17-10(2)14-5-4-8-18-14/h4-10,12,17H,3H2,1-2H3. The van der Waals surface area contributed by atoms with Crippen LogP contribution >= 0.6 is 11.3 Å². The summed E-state index contributed by atoms with van der Waals surface area (Å²) in [5.74, 6) is -0.292. The third kappa shape index (κ3) is 3.15. The molecule has 0 saturated heterocycles. The first-order chi connectivity index (χ1) is 8.70. The van der Waals surface area contributed by atoms with Crippen molar-refractivity contribution in [2.45, 2.75) is 32.4 Å². The topological polar surface area (TPSA) is 24.9 Å². The van der Waals surface area contributed by atoms with Crippen molar-refractivity contribution in [3.05, 3.63) is 52.2 Å². The summed E-state index contributed by atoms with van der Waals surface area (Å²) < 4.78 is 12.9. The first kappa shape index (κ1) is 13.2. The molecule has 2 atom stereocenters. The Morgan fingerprint density at radius 2 is 2.22 bits per heavy atom. The van der Waals surface area contributed by atoms with Crippen LogP contribution in [0.5, 0.6) is 0 Å². The molecule has 0 aliphatic heterocycles. The summed E-state index contributed by atoms with van der Waals surface area (Å²) in [6.45, 7) is 4.24. The molecule has 0 aromatic carbocycles. The van der Waals surface area contributed by atoms with Crippen LogP contribution in [0.4, 0.5) is 4.39 Å². The molecule has 96 valence electrons. The van der Waals surface area contributed by atoms with E-state index in [1.54, 1.807) is 17.4 Å². The lowest BCUT2D eigenvalue weighted by atomic mass is 10.1. The fourth-order valence-corrected chi connectivity index (χ4v) is 2.67. The van der Waals surface area contributed by atoms with E-state index < -0.39 is 0 Å². The summed E-state index contributed by atoms with van der Waals surface area (Å²) in [5, 5.41) is 5.60. The van der Waals surface area contributed by atoms with Gasteiger partial charge in [-0.1, -0.05) is 13.0 Å². The van der Waals surface area contributed by atoms with E-state index in [9.17, 15) is 4.39 Å². The zero-order valence-corrected chi connectivity index (χ0v) is 11.4. The largest absolute Gasteiger partial charge is 0.301 e. The molecule has 0 spiro atoms. The van der Waals surface area contributed by atoms with Crippen molar-refractivity contribution >= 4 is 11.3 Å². The van der Waals surface area contributed by atoms with Crippen molar-refractivity contribution in [2.24, 2.45) is 0 Å². The summed E-state index contributed by atoms with van der Waals surface area (Å²) >= 11 is 1.74. The highest BCUT2D eigenvalue weighted by molar-refractivity contribution is 7.10. The van der Waals surface area contributed by atoms with E-state index in [0.717, 1.165) is 12.1 Å². The Bertz CT molecular complexity index is 467. The van der Waals surface area contributed by atoms with Gasteiger partial charge in [0.25, 0.3) is 0 Å². The molecule has 4 heteroatoms. The van der Waals surface area contributed by atoms with E-state index in [2.05, 4.69) is 41.7 Å². The summed E-state index contributed by atoms with van der Waals surface area (Å²) in [6, 6.07) is 7.81. The lowest BCUT2D eigenvalue weighted by molar-refractivity contribution is 0.450. The molecule has 0 radical (unpaired) electrons. The zero-order valence-electron chi connectivity index (χ0n) is 10.6. The molecule has 2 aromatic heterocycles. The van der Waals surface area contributed by atoms with Crippen LogP contribution in [0, 0.1) is 5.82 Å². The highest BCUT2D eigenvalue weighted by Crippen LogP contribution is 2.23. The van der Waals surface area contributed by atoms with Crippen LogP contribution in [0.15, 0.2) is 35.8 Å². The summed E-state index contributed by atoms with van der Waals surface area (Å²) in [4.78, 5) is 5.45. The molecule has 0 aliphatic carbocycles. The van der Waals surface area contributed by atoms with Gasteiger partial charge in [-0.15, -0.1) is 11.3 Å². The van der Waals surface area contributed by atoms with Crippen LogP contribution in [0.25, 0.3) is 0 Å². The van der Waals surface area contributed by atoms with Gasteiger partial charge in [-0.05, 0) is 36.9 Å². The lowest BCUT2D eigenvalue weighted by Crippen LogP contribution is -2.24. The van der Waals surface area contributed by atoms with Crippen molar-refractivity contribution in [2.75, 3.05) is 0 Å². The molecular formula is C14H17FN2S. The molecular weight excluding hydrogens is 247 g/mol. The monoisotopic (exact) mass is 264 g/mol. The van der Waals surface area contributed by atoms with Crippen LogP contribution < -0.4 is 5.32 Å². The second kappa shape index (κ2) is 6.07. The van der Waals surface area contributed by atoms with E-state index in [-0.39, 0.29) is 17.9 Å². The van der Waals surface area contributed by atoms with Gasteiger partial charge in [0.15, 0.2) is 0 Å². The average molecular weight is 264 g/mol. The van der Waals surface area contributed by atoms with E-state index in [4.69, 9.17) is 0 Å². The lowest BCUT2D eigenvalue weighted by Gasteiger charge is -2.21. The van der Waals surface area contributed by atoms with Gasteiger partial charge in [-0.25, -0.2) is 4.39 Å². The molecule has 2 heterocycles. The van der Waals surface area contributed by atoms with Crippen LogP contribution in [0.1, 0.15) is 42.9 Å². The minimum absolute atomic E-state index is 0.155. The molecule has 0 bridgehead atoms. The Balaban J connectivity index is 2.07. The van der Waals surface area contributed by atoms with Gasteiger partial charge >= 0.3 is 0 Å². The van der Waals surface area contributed by atoms with Crippen LogP contribution in [-0.2, 0) is 0 Å². The highest BCUT2D eigenvalue weighted by atomic mass is 32.1. The van der Waals surface area contributed by atoms with E-state index >= 15 is 0 Å². The number of rotatable bonds is 5. The molecule has 1 N–H and O–H groups in total. The van der Waals surface area contributed by atoms with Gasteiger partial charge in [-0.3, -0.25) is 4.98 Å². The van der Waals surface area contributed by atoms with Gasteiger partial charge in [0.2, 0.25) is 0 Å². The number of hydrogen-bond acceptors (Lipinski definition) is 3. The van der Waals surface area contributed by atoms with Crippen LogP contribution in [0.2, 0.25) is 0 Å². The van der Waals surface area contributed by atoms with E-state index in [1.165, 1.54) is 17.1 Å². The summed E-state index contributed by atoms with van der Waals surface area (Å²) in [6.07, 6.45) is 2.20. The number of aromatic nitrogens is 1. The molecule has 0 saturated carbocycles. The Hall–Kier alpha value is -1.26. The molecule has 2 unspecified atom stereocenters. The third-order valence-electron chi connectivity index (χ3n) is 2.94. The number of hydrogen-bond donors (Lipinski definition) is 1. The summed E-state index contributed by atoms with van der Waals surface area (Å²) in [7, 11) is 0. The van der Waals surface area contributed by atoms with E-state index in [0.29, 0.717) is 0 Å². The average Bonchev–Trinajstić information content (AvgIpc) is 2.91. The van der Waals surface area contributed by atoms with Crippen LogP contribution in [-0.4, -0.2) is 4.98 Å². The van der Waals surface area contributed by atoms with Gasteiger partial charge in [0.05, 0.1) is 11.9 Å².